The van der Waals surface area contributed by atoms with Gasteiger partial charge in [-0.15, -0.1) is 0 Å². The van der Waals surface area contributed by atoms with Gasteiger partial charge < -0.3 is 10.2 Å². The van der Waals surface area contributed by atoms with Crippen LogP contribution in [0.3, 0.4) is 0 Å². The number of carbonyl (C=O) groups is 1. The lowest BCUT2D eigenvalue weighted by atomic mass is 10.1. The molecule has 0 bridgehead atoms. The number of hydrogen-bond acceptors (Lipinski definition) is 4. The summed E-state index contributed by atoms with van der Waals surface area (Å²) in [4.78, 5) is 19.0. The van der Waals surface area contributed by atoms with E-state index in [1.807, 2.05) is 12.1 Å². The highest BCUT2D eigenvalue weighted by atomic mass is 16.1. The molecule has 1 N–H and O–H groups in total. The van der Waals surface area contributed by atoms with Gasteiger partial charge in [-0.05, 0) is 47.4 Å². The summed E-state index contributed by atoms with van der Waals surface area (Å²) in [6.45, 7) is 2.45. The van der Waals surface area contributed by atoms with Gasteiger partial charge in [-0.2, -0.15) is 5.10 Å². The molecule has 154 valence electrons. The second-order valence-electron chi connectivity index (χ2n) is 7.69. The molecule has 0 radical (unpaired) electrons. The topological polar surface area (TPSA) is 63.1 Å². The van der Waals surface area contributed by atoms with Crippen molar-refractivity contribution < 1.29 is 4.79 Å². The lowest BCUT2D eigenvalue weighted by molar-refractivity contribution is 0.0951. The van der Waals surface area contributed by atoms with Crippen LogP contribution in [0.1, 0.15) is 27.0 Å². The maximum Gasteiger partial charge on any atom is 0.251 e. The summed E-state index contributed by atoms with van der Waals surface area (Å²) in [6, 6.07) is 24.4. The van der Waals surface area contributed by atoms with Crippen LogP contribution in [0.2, 0.25) is 0 Å². The molecule has 6 heteroatoms. The standard InChI is InChI=1S/C25H23N5O/c31-25(22-5-3-6-23(14-22)30-18-26-17-28-30)27-15-19-8-10-20(11-9-19)16-29-13-12-21-4-1-2-7-24(21)29/h1-11,14,17-18H,12-13,15-16H2,(H,27,31). The molecule has 0 saturated heterocycles. The van der Waals surface area contributed by atoms with Crippen LogP contribution in [0.4, 0.5) is 5.69 Å². The van der Waals surface area contributed by atoms with E-state index >= 15 is 0 Å². The molecule has 31 heavy (non-hydrogen) atoms. The van der Waals surface area contributed by atoms with Gasteiger partial charge in [0.1, 0.15) is 12.7 Å². The van der Waals surface area contributed by atoms with Crippen molar-refractivity contribution in [1.82, 2.24) is 20.1 Å². The number of amides is 1. The van der Waals surface area contributed by atoms with Crippen LogP contribution in [0.15, 0.2) is 85.5 Å². The first-order chi connectivity index (χ1) is 15.3. The third kappa shape index (κ3) is 4.19. The van der Waals surface area contributed by atoms with Gasteiger partial charge >= 0.3 is 0 Å². The van der Waals surface area contributed by atoms with Crippen molar-refractivity contribution in [2.24, 2.45) is 0 Å². The van der Waals surface area contributed by atoms with E-state index in [4.69, 9.17) is 0 Å². The molecule has 5 rings (SSSR count). The summed E-state index contributed by atoms with van der Waals surface area (Å²) < 4.78 is 1.63. The molecule has 0 spiro atoms. The Morgan fingerprint density at radius 3 is 2.65 bits per heavy atom. The monoisotopic (exact) mass is 409 g/mol. The van der Waals surface area contributed by atoms with Gasteiger partial charge in [-0.1, -0.05) is 48.5 Å². The summed E-state index contributed by atoms with van der Waals surface area (Å²) in [6.07, 6.45) is 4.19. The van der Waals surface area contributed by atoms with E-state index in [0.717, 1.165) is 30.8 Å². The van der Waals surface area contributed by atoms with Gasteiger partial charge in [-0.3, -0.25) is 4.79 Å². The first-order valence-corrected chi connectivity index (χ1v) is 10.4. The Morgan fingerprint density at radius 2 is 1.81 bits per heavy atom. The summed E-state index contributed by atoms with van der Waals surface area (Å²) in [5, 5.41) is 7.11. The fraction of sp³-hybridized carbons (Fsp3) is 0.160. The van der Waals surface area contributed by atoms with Crippen LogP contribution >= 0.6 is 0 Å². The van der Waals surface area contributed by atoms with E-state index in [0.29, 0.717) is 12.1 Å². The molecule has 0 atom stereocenters. The first-order valence-electron chi connectivity index (χ1n) is 10.4. The van der Waals surface area contributed by atoms with Crippen molar-refractivity contribution in [2.45, 2.75) is 19.5 Å². The molecule has 3 aromatic carbocycles. The Morgan fingerprint density at radius 1 is 0.968 bits per heavy atom. The van der Waals surface area contributed by atoms with Crippen LogP contribution in [-0.4, -0.2) is 27.2 Å². The van der Waals surface area contributed by atoms with Crippen molar-refractivity contribution in [2.75, 3.05) is 11.4 Å². The number of fused-ring (bicyclic) bond motifs is 1. The van der Waals surface area contributed by atoms with E-state index in [1.165, 1.54) is 23.1 Å². The number of nitrogens with one attached hydrogen (secondary N) is 1. The minimum atomic E-state index is -0.111. The number of para-hydroxylation sites is 1. The SMILES string of the molecule is O=C(NCc1ccc(CN2CCc3ccccc32)cc1)c1cccc(-n2cncn2)c1. The van der Waals surface area contributed by atoms with Crippen molar-refractivity contribution in [3.05, 3.63) is 108 Å². The second-order valence-corrected chi connectivity index (χ2v) is 7.69. The zero-order valence-corrected chi connectivity index (χ0v) is 17.1. The molecule has 2 heterocycles. The number of rotatable bonds is 6. The second kappa shape index (κ2) is 8.44. The number of benzene rings is 3. The highest BCUT2D eigenvalue weighted by Gasteiger charge is 2.18. The van der Waals surface area contributed by atoms with Crippen molar-refractivity contribution >= 4 is 11.6 Å². The van der Waals surface area contributed by atoms with E-state index in [9.17, 15) is 4.79 Å². The smallest absolute Gasteiger partial charge is 0.251 e. The number of anilines is 1. The molecule has 1 aliphatic heterocycles. The third-order valence-electron chi connectivity index (χ3n) is 5.62. The van der Waals surface area contributed by atoms with E-state index < -0.39 is 0 Å². The van der Waals surface area contributed by atoms with Gasteiger partial charge in [0.15, 0.2) is 0 Å². The number of hydrogen-bond donors (Lipinski definition) is 1. The molecule has 1 aromatic heterocycles. The normalized spacial score (nSPS) is 12.6. The lowest BCUT2D eigenvalue weighted by Crippen LogP contribution is -2.23. The quantitative estimate of drug-likeness (QED) is 0.527. The molecule has 0 fully saturated rings. The van der Waals surface area contributed by atoms with Gasteiger partial charge in [0.2, 0.25) is 0 Å². The highest BCUT2D eigenvalue weighted by Crippen LogP contribution is 2.28. The highest BCUT2D eigenvalue weighted by molar-refractivity contribution is 5.94. The molecule has 0 saturated carbocycles. The first kappa shape index (κ1) is 19.1. The van der Waals surface area contributed by atoms with Crippen LogP contribution in [0.25, 0.3) is 5.69 Å². The van der Waals surface area contributed by atoms with Crippen LogP contribution in [0, 0.1) is 0 Å². The van der Waals surface area contributed by atoms with Gasteiger partial charge in [0.25, 0.3) is 5.91 Å². The average molecular weight is 409 g/mol. The van der Waals surface area contributed by atoms with Crippen molar-refractivity contribution in [3.8, 4) is 5.69 Å². The Hall–Kier alpha value is -3.93. The largest absolute Gasteiger partial charge is 0.367 e. The van der Waals surface area contributed by atoms with Crippen molar-refractivity contribution in [3.63, 3.8) is 0 Å². The van der Waals surface area contributed by atoms with E-state index in [-0.39, 0.29) is 5.91 Å². The minimum Gasteiger partial charge on any atom is -0.367 e. The zero-order valence-electron chi connectivity index (χ0n) is 17.1. The van der Waals surface area contributed by atoms with Gasteiger partial charge in [0.05, 0.1) is 5.69 Å². The molecule has 0 unspecified atom stereocenters. The fourth-order valence-electron chi connectivity index (χ4n) is 3.97. The summed E-state index contributed by atoms with van der Waals surface area (Å²) in [5.41, 5.74) is 6.51. The van der Waals surface area contributed by atoms with Crippen LogP contribution in [-0.2, 0) is 19.5 Å². The summed E-state index contributed by atoms with van der Waals surface area (Å²) >= 11 is 0. The van der Waals surface area contributed by atoms with Crippen molar-refractivity contribution in [1.29, 1.82) is 0 Å². The molecule has 1 aliphatic rings. The Bertz CT molecular complexity index is 1180. The lowest BCUT2D eigenvalue weighted by Gasteiger charge is -2.19. The number of carbonyl (C=O) groups excluding carboxylic acids is 1. The van der Waals surface area contributed by atoms with Gasteiger partial charge in [0, 0.05) is 30.9 Å². The minimum absolute atomic E-state index is 0.111. The molecular weight excluding hydrogens is 386 g/mol. The number of nitrogens with zero attached hydrogens (tertiary/aromatic N) is 4. The number of aromatic nitrogens is 3. The maximum absolute atomic E-state index is 12.6. The van der Waals surface area contributed by atoms with Crippen LogP contribution in [0.5, 0.6) is 0 Å². The Labute approximate surface area is 181 Å². The molecule has 0 aliphatic carbocycles. The van der Waals surface area contributed by atoms with Gasteiger partial charge in [-0.25, -0.2) is 9.67 Å². The fourth-order valence-corrected chi connectivity index (χ4v) is 3.97. The summed E-state index contributed by atoms with van der Waals surface area (Å²) in [7, 11) is 0. The molecule has 6 nitrogen and oxygen atoms in total. The predicted molar refractivity (Wildman–Crippen MR) is 120 cm³/mol. The average Bonchev–Trinajstić information content (AvgIpc) is 3.49. The maximum atomic E-state index is 12.6. The molecular formula is C25H23N5O. The molecule has 1 amide bonds. The summed E-state index contributed by atoms with van der Waals surface area (Å²) in [5.74, 6) is -0.111. The Balaban J connectivity index is 1.19. The molecule has 4 aromatic rings. The van der Waals surface area contributed by atoms with E-state index in [1.54, 1.807) is 23.1 Å². The Kier molecular flexibility index (Phi) is 5.19. The third-order valence-corrected chi connectivity index (χ3v) is 5.62. The van der Waals surface area contributed by atoms with Crippen LogP contribution < -0.4 is 10.2 Å². The zero-order chi connectivity index (χ0) is 21.0. The van der Waals surface area contributed by atoms with E-state index in [2.05, 4.69) is 68.8 Å². The predicted octanol–water partition coefficient (Wildman–Crippen LogP) is 3.76.